The first-order valence-corrected chi connectivity index (χ1v) is 7.00. The minimum Gasteiger partial charge on any atom is -0.295 e. The fraction of sp³-hybridized carbons (Fsp3) is 1.00. The molecule has 0 aliphatic rings. The van der Waals surface area contributed by atoms with Crippen molar-refractivity contribution in [3.63, 3.8) is 0 Å². The van der Waals surface area contributed by atoms with Crippen molar-refractivity contribution in [3.05, 3.63) is 0 Å². The van der Waals surface area contributed by atoms with Gasteiger partial charge in [-0.3, -0.25) is 4.90 Å². The van der Waals surface area contributed by atoms with Crippen LogP contribution < -0.4 is 0 Å². The highest BCUT2D eigenvalue weighted by molar-refractivity contribution is 7.99. The third-order valence-corrected chi connectivity index (χ3v) is 2.70. The molecule has 0 fully saturated rings. The highest BCUT2D eigenvalue weighted by Crippen LogP contribution is 2.11. The van der Waals surface area contributed by atoms with Crippen LogP contribution in [0.15, 0.2) is 0 Å². The summed E-state index contributed by atoms with van der Waals surface area (Å²) in [5, 5.41) is 0.681. The van der Waals surface area contributed by atoms with Crippen molar-refractivity contribution in [1.29, 1.82) is 0 Å². The molecule has 90 valence electrons. The van der Waals surface area contributed by atoms with Crippen LogP contribution >= 0.6 is 11.8 Å². The molecule has 0 spiro atoms. The summed E-state index contributed by atoms with van der Waals surface area (Å²) in [5.74, 6) is 1.21. The molecular formula is C12H31NS. The van der Waals surface area contributed by atoms with Crippen molar-refractivity contribution in [2.24, 2.45) is 0 Å². The molecule has 0 bridgehead atoms. The van der Waals surface area contributed by atoms with Crippen LogP contribution in [-0.4, -0.2) is 29.6 Å². The van der Waals surface area contributed by atoms with Gasteiger partial charge in [0.05, 0.1) is 5.37 Å². The van der Waals surface area contributed by atoms with Gasteiger partial charge in [-0.2, -0.15) is 0 Å². The lowest BCUT2D eigenvalue weighted by molar-refractivity contribution is 0.346. The van der Waals surface area contributed by atoms with Crippen LogP contribution in [0.2, 0.25) is 0 Å². The molecule has 0 saturated heterocycles. The van der Waals surface area contributed by atoms with Gasteiger partial charge in [-0.05, 0) is 26.3 Å². The first-order valence-electron chi connectivity index (χ1n) is 5.95. The van der Waals surface area contributed by atoms with E-state index in [2.05, 4.69) is 46.6 Å². The molecule has 0 radical (unpaired) electrons. The maximum absolute atomic E-state index is 2.34. The topological polar surface area (TPSA) is 3.24 Å². The Morgan fingerprint density at radius 3 is 1.64 bits per heavy atom. The molecule has 2 heteroatoms. The fourth-order valence-electron chi connectivity index (χ4n) is 0.626. The molecule has 0 saturated carbocycles. The van der Waals surface area contributed by atoms with E-state index in [0.717, 1.165) is 6.54 Å². The van der Waals surface area contributed by atoms with E-state index in [1.165, 1.54) is 12.2 Å². The Bertz CT molecular complexity index is 76.7. The summed E-state index contributed by atoms with van der Waals surface area (Å²) >= 11 is 1.99. The molecule has 0 aromatic heterocycles. The minimum atomic E-state index is 0.681. The molecular weight excluding hydrogens is 190 g/mol. The van der Waals surface area contributed by atoms with Crippen LogP contribution in [0.25, 0.3) is 0 Å². The standard InChI is InChI=1S/C7H17NS.C3H8.C2H6/c1-5-8(4)7(3)9-6-2;1-3-2;1-2/h7H,5-6H2,1-4H3;3H2,1-2H3;1-2H3. The second kappa shape index (κ2) is 19.0. The van der Waals surface area contributed by atoms with Gasteiger partial charge in [-0.1, -0.05) is 48.0 Å². The molecule has 0 aliphatic carbocycles. The molecule has 1 nitrogen and oxygen atoms in total. The van der Waals surface area contributed by atoms with Crippen LogP contribution in [0.1, 0.15) is 54.9 Å². The van der Waals surface area contributed by atoms with E-state index < -0.39 is 0 Å². The third kappa shape index (κ3) is 18.2. The van der Waals surface area contributed by atoms with Crippen LogP contribution in [0.5, 0.6) is 0 Å². The summed E-state index contributed by atoms with van der Waals surface area (Å²) in [6.45, 7) is 16.0. The Morgan fingerprint density at radius 2 is 1.43 bits per heavy atom. The summed E-state index contributed by atoms with van der Waals surface area (Å²) in [4.78, 5) is 2.34. The maximum Gasteiger partial charge on any atom is 0.0525 e. The predicted molar refractivity (Wildman–Crippen MR) is 73.2 cm³/mol. The molecule has 0 N–H and O–H groups in total. The predicted octanol–water partition coefficient (Wildman–Crippen LogP) is 4.48. The first kappa shape index (κ1) is 19.8. The van der Waals surface area contributed by atoms with Crippen molar-refractivity contribution in [3.8, 4) is 0 Å². The monoisotopic (exact) mass is 221 g/mol. The zero-order valence-corrected chi connectivity index (χ0v) is 12.4. The van der Waals surface area contributed by atoms with Gasteiger partial charge < -0.3 is 0 Å². The quantitative estimate of drug-likeness (QED) is 0.644. The van der Waals surface area contributed by atoms with Gasteiger partial charge in [0, 0.05) is 0 Å². The smallest absolute Gasteiger partial charge is 0.0525 e. The van der Waals surface area contributed by atoms with Gasteiger partial charge in [0.1, 0.15) is 0 Å². The van der Waals surface area contributed by atoms with Gasteiger partial charge >= 0.3 is 0 Å². The van der Waals surface area contributed by atoms with E-state index >= 15 is 0 Å². The van der Waals surface area contributed by atoms with E-state index in [9.17, 15) is 0 Å². The van der Waals surface area contributed by atoms with Gasteiger partial charge in [-0.25, -0.2) is 0 Å². The second-order valence-corrected chi connectivity index (χ2v) is 4.43. The normalized spacial score (nSPS) is 10.9. The highest BCUT2D eigenvalue weighted by Gasteiger charge is 2.03. The van der Waals surface area contributed by atoms with Crippen LogP contribution in [-0.2, 0) is 0 Å². The lowest BCUT2D eigenvalue weighted by atomic mass is 10.6. The Hall–Kier alpha value is 0.310. The molecule has 0 aromatic carbocycles. The Balaban J connectivity index is -0.000000205. The van der Waals surface area contributed by atoms with E-state index in [0.29, 0.717) is 5.37 Å². The summed E-state index contributed by atoms with van der Waals surface area (Å²) in [7, 11) is 2.16. The number of thioether (sulfide) groups is 1. The molecule has 0 aromatic rings. The summed E-state index contributed by atoms with van der Waals surface area (Å²) in [6, 6.07) is 0. The lowest BCUT2D eigenvalue weighted by Gasteiger charge is -2.21. The van der Waals surface area contributed by atoms with Gasteiger partial charge in [0.15, 0.2) is 0 Å². The molecule has 0 heterocycles. The van der Waals surface area contributed by atoms with Gasteiger partial charge in [0.25, 0.3) is 0 Å². The average Bonchev–Trinajstić information content (AvgIpc) is 2.21. The van der Waals surface area contributed by atoms with Crippen molar-refractivity contribution >= 4 is 11.8 Å². The molecule has 1 unspecified atom stereocenters. The van der Waals surface area contributed by atoms with Crippen LogP contribution in [0.4, 0.5) is 0 Å². The molecule has 1 atom stereocenters. The van der Waals surface area contributed by atoms with Crippen molar-refractivity contribution in [2.45, 2.75) is 60.3 Å². The molecule has 14 heavy (non-hydrogen) atoms. The minimum absolute atomic E-state index is 0.681. The maximum atomic E-state index is 2.34. The zero-order chi connectivity index (χ0) is 12.0. The van der Waals surface area contributed by atoms with E-state index in [1.807, 2.05) is 25.6 Å². The van der Waals surface area contributed by atoms with Crippen LogP contribution in [0, 0.1) is 0 Å². The summed E-state index contributed by atoms with van der Waals surface area (Å²) in [6.07, 6.45) is 1.25. The summed E-state index contributed by atoms with van der Waals surface area (Å²) < 4.78 is 0. The van der Waals surface area contributed by atoms with Gasteiger partial charge in [-0.15, -0.1) is 11.8 Å². The van der Waals surface area contributed by atoms with Crippen LogP contribution in [0.3, 0.4) is 0 Å². The largest absolute Gasteiger partial charge is 0.295 e. The van der Waals surface area contributed by atoms with E-state index in [1.54, 1.807) is 0 Å². The highest BCUT2D eigenvalue weighted by atomic mass is 32.2. The second-order valence-electron chi connectivity index (χ2n) is 2.83. The number of nitrogens with zero attached hydrogens (tertiary/aromatic N) is 1. The SMILES string of the molecule is CC.CCC.CCSC(C)N(C)CC. The van der Waals surface area contributed by atoms with E-state index in [-0.39, 0.29) is 0 Å². The molecule has 0 aliphatic heterocycles. The zero-order valence-electron chi connectivity index (χ0n) is 11.6. The lowest BCUT2D eigenvalue weighted by Crippen LogP contribution is -2.25. The number of hydrogen-bond donors (Lipinski definition) is 0. The van der Waals surface area contributed by atoms with E-state index in [4.69, 9.17) is 0 Å². The Kier molecular flexibility index (Phi) is 26.9. The number of rotatable bonds is 4. The first-order chi connectivity index (χ1) is 6.63. The molecule has 0 amide bonds. The average molecular weight is 221 g/mol. The fourth-order valence-corrected chi connectivity index (χ4v) is 1.51. The molecule has 0 rings (SSSR count). The van der Waals surface area contributed by atoms with Gasteiger partial charge in [0.2, 0.25) is 0 Å². The Morgan fingerprint density at radius 1 is 1.07 bits per heavy atom. The van der Waals surface area contributed by atoms with Crippen molar-refractivity contribution in [2.75, 3.05) is 19.3 Å². The van der Waals surface area contributed by atoms with Crippen molar-refractivity contribution in [1.82, 2.24) is 4.90 Å². The Labute approximate surface area is 96.6 Å². The third-order valence-electron chi connectivity index (χ3n) is 1.53. The van der Waals surface area contributed by atoms with Crippen molar-refractivity contribution < 1.29 is 0 Å². The summed E-state index contributed by atoms with van der Waals surface area (Å²) in [5.41, 5.74) is 0. The number of hydrogen-bond acceptors (Lipinski definition) is 2.